The first-order chi connectivity index (χ1) is 9.24. The maximum atomic E-state index is 10.9. The highest BCUT2D eigenvalue weighted by Crippen LogP contribution is 2.28. The van der Waals surface area contributed by atoms with E-state index in [1.54, 1.807) is 6.07 Å². The molecule has 8 heteroatoms. The molecule has 0 fully saturated rings. The van der Waals surface area contributed by atoms with Crippen molar-refractivity contribution in [3.05, 3.63) is 17.0 Å². The predicted molar refractivity (Wildman–Crippen MR) is 68.5 cm³/mol. The van der Waals surface area contributed by atoms with Crippen LogP contribution < -0.4 is 10.6 Å². The molecule has 8 nitrogen and oxygen atoms in total. The first-order valence-electron chi connectivity index (χ1n) is 6.10. The molecule has 2 rings (SSSR count). The van der Waals surface area contributed by atoms with E-state index in [1.165, 1.54) is 6.07 Å². The van der Waals surface area contributed by atoms with Gasteiger partial charge >= 0.3 is 5.69 Å². The lowest BCUT2D eigenvalue weighted by Crippen LogP contribution is -2.17. The normalized spacial score (nSPS) is 10.8. The van der Waals surface area contributed by atoms with E-state index < -0.39 is 0 Å². The van der Waals surface area contributed by atoms with Crippen LogP contribution in [0.5, 0.6) is 0 Å². The molecule has 0 bridgehead atoms. The lowest BCUT2D eigenvalue weighted by Gasteiger charge is -2.06. The van der Waals surface area contributed by atoms with Gasteiger partial charge in [-0.25, -0.2) is 9.84 Å². The standard InChI is InChI=1S/C11H16N5O3/c1-2-12-6-3-7-13-8-4-5-9(16(17)18)11-10(8)14-19-15-11/h4-5,12-13H,2-3,6-7H2,1H3,(H,17,18)/q+1. The number of rotatable bonds is 7. The quantitative estimate of drug-likeness (QED) is 0.514. The fourth-order valence-corrected chi connectivity index (χ4v) is 1.76. The molecule has 3 N–H and O–H groups in total. The van der Waals surface area contributed by atoms with Crippen molar-refractivity contribution in [2.24, 2.45) is 0 Å². The molecule has 0 aliphatic heterocycles. The van der Waals surface area contributed by atoms with E-state index in [9.17, 15) is 4.91 Å². The van der Waals surface area contributed by atoms with Crippen LogP contribution in [0.25, 0.3) is 11.0 Å². The van der Waals surface area contributed by atoms with Gasteiger partial charge in [-0.1, -0.05) is 6.92 Å². The molecule has 0 amide bonds. The van der Waals surface area contributed by atoms with Crippen LogP contribution in [0.1, 0.15) is 13.3 Å². The van der Waals surface area contributed by atoms with Gasteiger partial charge in [0, 0.05) is 12.6 Å². The van der Waals surface area contributed by atoms with E-state index in [1.807, 2.05) is 0 Å². The summed E-state index contributed by atoms with van der Waals surface area (Å²) in [4.78, 5) is 10.7. The van der Waals surface area contributed by atoms with E-state index in [0.29, 0.717) is 5.52 Å². The average Bonchev–Trinajstić information content (AvgIpc) is 2.87. The predicted octanol–water partition coefficient (Wildman–Crippen LogP) is 1.43. The number of hydrogen-bond acceptors (Lipinski definition) is 6. The summed E-state index contributed by atoms with van der Waals surface area (Å²) >= 11 is 0. The lowest BCUT2D eigenvalue weighted by atomic mass is 10.2. The van der Waals surface area contributed by atoms with Crippen LogP contribution in [0.4, 0.5) is 11.4 Å². The molecule has 2 aromatic rings. The zero-order valence-electron chi connectivity index (χ0n) is 10.6. The maximum absolute atomic E-state index is 10.9. The van der Waals surface area contributed by atoms with Gasteiger partial charge in [-0.05, 0) is 35.9 Å². The van der Waals surface area contributed by atoms with Crippen LogP contribution in [0, 0.1) is 4.91 Å². The first-order valence-corrected chi connectivity index (χ1v) is 6.10. The van der Waals surface area contributed by atoms with Crippen LogP contribution in [-0.4, -0.2) is 40.1 Å². The number of fused-ring (bicyclic) bond motifs is 1. The molecule has 102 valence electrons. The Morgan fingerprint density at radius 1 is 1.32 bits per heavy atom. The van der Waals surface area contributed by atoms with E-state index in [2.05, 4.69) is 32.5 Å². The van der Waals surface area contributed by atoms with Crippen molar-refractivity contribution in [2.45, 2.75) is 13.3 Å². The molecule has 19 heavy (non-hydrogen) atoms. The Hall–Kier alpha value is -2.22. The number of nitrogens with one attached hydrogen (secondary N) is 2. The van der Waals surface area contributed by atoms with Crippen LogP contribution >= 0.6 is 0 Å². The van der Waals surface area contributed by atoms with E-state index in [4.69, 9.17) is 5.21 Å². The Kier molecular flexibility index (Phi) is 4.24. The Bertz CT molecular complexity index is 568. The Balaban J connectivity index is 2.10. The first kappa shape index (κ1) is 13.2. The van der Waals surface area contributed by atoms with Gasteiger partial charge in [0.1, 0.15) is 0 Å². The van der Waals surface area contributed by atoms with Gasteiger partial charge in [0.05, 0.1) is 10.6 Å². The van der Waals surface area contributed by atoms with Gasteiger partial charge in [-0.2, -0.15) is 0 Å². The molecule has 1 aromatic carbocycles. The van der Waals surface area contributed by atoms with Crippen LogP contribution in [0.2, 0.25) is 0 Å². The van der Waals surface area contributed by atoms with Crippen molar-refractivity contribution in [2.75, 3.05) is 25.0 Å². The molecule has 0 atom stereocenters. The Labute approximate surface area is 109 Å². The molecule has 1 heterocycles. The summed E-state index contributed by atoms with van der Waals surface area (Å²) in [6.45, 7) is 4.68. The van der Waals surface area contributed by atoms with Crippen molar-refractivity contribution in [1.29, 1.82) is 0 Å². The summed E-state index contributed by atoms with van der Waals surface area (Å²) in [5, 5.41) is 22.7. The van der Waals surface area contributed by atoms with Crippen LogP contribution in [-0.2, 0) is 0 Å². The number of hydrogen-bond donors (Lipinski definition) is 3. The van der Waals surface area contributed by atoms with Crippen molar-refractivity contribution in [3.63, 3.8) is 0 Å². The fourth-order valence-electron chi connectivity index (χ4n) is 1.76. The molecule has 0 spiro atoms. The van der Waals surface area contributed by atoms with Crippen molar-refractivity contribution >= 4 is 22.4 Å². The third-order valence-electron chi connectivity index (χ3n) is 2.70. The highest BCUT2D eigenvalue weighted by atomic mass is 16.6. The highest BCUT2D eigenvalue weighted by Gasteiger charge is 2.22. The molecule has 0 radical (unpaired) electrons. The van der Waals surface area contributed by atoms with Gasteiger partial charge in [0.2, 0.25) is 5.52 Å². The highest BCUT2D eigenvalue weighted by molar-refractivity contribution is 5.93. The van der Waals surface area contributed by atoms with Crippen molar-refractivity contribution < 1.29 is 14.8 Å². The molecule has 0 aliphatic carbocycles. The average molecular weight is 266 g/mol. The molecular formula is C11H16N5O3+. The molecule has 1 aromatic heterocycles. The van der Waals surface area contributed by atoms with Gasteiger partial charge in [0.25, 0.3) is 4.92 Å². The topological polar surface area (TPSA) is 103 Å². The minimum atomic E-state index is -0.249. The second-order valence-electron chi connectivity index (χ2n) is 4.00. The number of benzene rings is 1. The second-order valence-corrected chi connectivity index (χ2v) is 4.00. The third kappa shape index (κ3) is 2.97. The number of aromatic nitrogens is 2. The van der Waals surface area contributed by atoms with E-state index in [-0.39, 0.29) is 16.1 Å². The van der Waals surface area contributed by atoms with Crippen LogP contribution in [0.3, 0.4) is 0 Å². The van der Waals surface area contributed by atoms with Gasteiger partial charge in [0.15, 0.2) is 5.52 Å². The summed E-state index contributed by atoms with van der Waals surface area (Å²) in [6, 6.07) is 3.13. The smallest absolute Gasteiger partial charge is 0.347 e. The zero-order chi connectivity index (χ0) is 13.7. The van der Waals surface area contributed by atoms with E-state index in [0.717, 1.165) is 31.7 Å². The lowest BCUT2D eigenvalue weighted by molar-refractivity contribution is -0.728. The van der Waals surface area contributed by atoms with Crippen molar-refractivity contribution in [3.8, 4) is 0 Å². The Morgan fingerprint density at radius 3 is 2.84 bits per heavy atom. The molecule has 0 saturated carbocycles. The monoisotopic (exact) mass is 266 g/mol. The number of anilines is 1. The zero-order valence-corrected chi connectivity index (χ0v) is 10.6. The SMILES string of the molecule is CCNCCCNc1ccc([N+](=O)O)c2nonc12. The molecule has 0 unspecified atom stereocenters. The van der Waals surface area contributed by atoms with Crippen molar-refractivity contribution in [1.82, 2.24) is 15.6 Å². The summed E-state index contributed by atoms with van der Waals surface area (Å²) < 4.78 is 4.61. The molecule has 0 aliphatic rings. The second kappa shape index (κ2) is 6.10. The maximum Gasteiger partial charge on any atom is 0.347 e. The molecular weight excluding hydrogens is 250 g/mol. The van der Waals surface area contributed by atoms with Gasteiger partial charge in [-0.15, -0.1) is 0 Å². The third-order valence-corrected chi connectivity index (χ3v) is 2.70. The largest absolute Gasteiger partial charge is 0.383 e. The van der Waals surface area contributed by atoms with Crippen LogP contribution in [0.15, 0.2) is 16.8 Å². The van der Waals surface area contributed by atoms with Gasteiger partial charge < -0.3 is 10.6 Å². The summed E-state index contributed by atoms with van der Waals surface area (Å²) in [5.74, 6) is 0. The van der Waals surface area contributed by atoms with Gasteiger partial charge in [-0.3, -0.25) is 0 Å². The summed E-state index contributed by atoms with van der Waals surface area (Å²) in [7, 11) is 0. The van der Waals surface area contributed by atoms with E-state index >= 15 is 0 Å². The minimum Gasteiger partial charge on any atom is -0.383 e. The molecule has 0 saturated heterocycles. The Morgan fingerprint density at radius 2 is 2.11 bits per heavy atom. The summed E-state index contributed by atoms with van der Waals surface area (Å²) in [6.07, 6.45) is 0.954. The summed E-state index contributed by atoms with van der Waals surface area (Å²) in [5.41, 5.74) is 1.39. The number of nitrogens with zero attached hydrogens (tertiary/aromatic N) is 3. The minimum absolute atomic E-state index is 0.00875. The fraction of sp³-hybridized carbons (Fsp3) is 0.455.